The highest BCUT2D eigenvalue weighted by Gasteiger charge is 2.34. The number of hydrogen-bond acceptors (Lipinski definition) is 1. The van der Waals surface area contributed by atoms with Gasteiger partial charge in [-0.25, -0.2) is 0 Å². The average Bonchev–Trinajstić information content (AvgIpc) is 3.33. The van der Waals surface area contributed by atoms with Crippen molar-refractivity contribution in [3.8, 4) is 28.3 Å². The van der Waals surface area contributed by atoms with Gasteiger partial charge in [0.1, 0.15) is 11.5 Å². The maximum atomic E-state index is 6.39. The van der Waals surface area contributed by atoms with E-state index < -0.39 is 0 Å². The van der Waals surface area contributed by atoms with E-state index in [1.807, 2.05) is 6.07 Å². The van der Waals surface area contributed by atoms with Crippen LogP contribution in [0, 0.1) is 0 Å². The Kier molecular flexibility index (Phi) is 4.60. The van der Waals surface area contributed by atoms with Crippen LogP contribution < -0.4 is 4.74 Å². The summed E-state index contributed by atoms with van der Waals surface area (Å²) in [5.74, 6) is 1.88. The van der Waals surface area contributed by atoms with Crippen LogP contribution in [0.3, 0.4) is 0 Å². The molecule has 2 heteroatoms. The third-order valence-electron chi connectivity index (χ3n) is 8.42. The van der Waals surface area contributed by atoms with E-state index in [0.717, 1.165) is 11.5 Å². The maximum absolute atomic E-state index is 6.39. The van der Waals surface area contributed by atoms with Gasteiger partial charge in [0.2, 0.25) is 0 Å². The Morgan fingerprint density at radius 3 is 2.15 bits per heavy atom. The second-order valence-corrected chi connectivity index (χ2v) is 11.0. The van der Waals surface area contributed by atoms with E-state index in [-0.39, 0.29) is 5.41 Å². The molecule has 0 bridgehead atoms. The van der Waals surface area contributed by atoms with Gasteiger partial charge < -0.3 is 9.30 Å². The van der Waals surface area contributed by atoms with Gasteiger partial charge in [-0.05, 0) is 59.0 Å². The fourth-order valence-corrected chi connectivity index (χ4v) is 6.52. The molecule has 0 spiro atoms. The van der Waals surface area contributed by atoms with Crippen LogP contribution in [0.2, 0.25) is 0 Å². The van der Waals surface area contributed by atoms with Crippen LogP contribution in [0.15, 0.2) is 127 Å². The molecule has 7 aromatic rings. The lowest BCUT2D eigenvalue weighted by Crippen LogP contribution is -2.24. The predicted molar refractivity (Wildman–Crippen MR) is 162 cm³/mol. The van der Waals surface area contributed by atoms with Crippen molar-refractivity contribution in [2.75, 3.05) is 0 Å². The molecular weight excluding hydrogens is 474 g/mol. The predicted octanol–water partition coefficient (Wildman–Crippen LogP) is 10.0. The molecule has 2 nitrogen and oxygen atoms in total. The largest absolute Gasteiger partial charge is 0.457 e. The number of nitrogens with zero attached hydrogens (tertiary/aromatic N) is 1. The lowest BCUT2D eigenvalue weighted by molar-refractivity contribution is 0.418. The Morgan fingerprint density at radius 1 is 0.590 bits per heavy atom. The summed E-state index contributed by atoms with van der Waals surface area (Å²) in [6.07, 6.45) is 0. The molecule has 0 aliphatic carbocycles. The van der Waals surface area contributed by atoms with E-state index in [1.165, 1.54) is 60.5 Å². The molecule has 0 saturated carbocycles. The van der Waals surface area contributed by atoms with Crippen LogP contribution in [0.5, 0.6) is 11.5 Å². The number of fused-ring (bicyclic) bond motifs is 7. The Hall–Kier alpha value is -4.82. The van der Waals surface area contributed by atoms with Crippen LogP contribution in [-0.2, 0) is 5.41 Å². The van der Waals surface area contributed by atoms with Gasteiger partial charge in [-0.15, -0.1) is 0 Å². The van der Waals surface area contributed by atoms with Crippen molar-refractivity contribution in [2.45, 2.75) is 19.3 Å². The van der Waals surface area contributed by atoms with Crippen molar-refractivity contribution < 1.29 is 4.74 Å². The monoisotopic (exact) mass is 501 g/mol. The van der Waals surface area contributed by atoms with Gasteiger partial charge >= 0.3 is 0 Å². The molecule has 0 saturated heterocycles. The number of hydrogen-bond donors (Lipinski definition) is 0. The van der Waals surface area contributed by atoms with E-state index in [4.69, 9.17) is 4.74 Å². The highest BCUT2D eigenvalue weighted by atomic mass is 16.5. The van der Waals surface area contributed by atoms with Gasteiger partial charge in [0, 0.05) is 38.4 Å². The normalized spacial score (nSPS) is 13.8. The molecule has 0 N–H and O–H groups in total. The summed E-state index contributed by atoms with van der Waals surface area (Å²) in [7, 11) is 0. The van der Waals surface area contributed by atoms with Crippen molar-refractivity contribution in [1.82, 2.24) is 4.57 Å². The summed E-state index contributed by atoms with van der Waals surface area (Å²) < 4.78 is 8.82. The molecule has 1 aromatic heterocycles. The van der Waals surface area contributed by atoms with Crippen molar-refractivity contribution in [1.29, 1.82) is 0 Å². The molecule has 6 aromatic carbocycles. The Balaban J connectivity index is 1.48. The zero-order valence-electron chi connectivity index (χ0n) is 22.0. The SMILES string of the molecule is CC1(C)c2ccccc2Oc2ccc(-c3cc4ccccc4c4c3c3ccccc3n4-c3ccccc3)cc21. The van der Waals surface area contributed by atoms with E-state index in [9.17, 15) is 0 Å². The van der Waals surface area contributed by atoms with Gasteiger partial charge in [0.25, 0.3) is 0 Å². The Labute approximate surface area is 227 Å². The molecule has 0 unspecified atom stereocenters. The molecule has 0 fully saturated rings. The molecule has 39 heavy (non-hydrogen) atoms. The summed E-state index contributed by atoms with van der Waals surface area (Å²) in [6, 6.07) is 45.7. The van der Waals surface area contributed by atoms with Gasteiger partial charge in [0.15, 0.2) is 0 Å². The molecule has 0 amide bonds. The van der Waals surface area contributed by atoms with Crippen molar-refractivity contribution >= 4 is 32.6 Å². The maximum Gasteiger partial charge on any atom is 0.131 e. The second kappa shape index (κ2) is 8.09. The fourth-order valence-electron chi connectivity index (χ4n) is 6.52. The standard InChI is InChI=1S/C37H27NO/c1-37(2)30-17-9-11-19-33(30)39-34-21-20-25(23-31(34)37)29-22-24-12-6-7-15-27(24)36-35(29)28-16-8-10-18-32(28)38(36)26-13-4-3-5-14-26/h3-23H,1-2H3. The van der Waals surface area contributed by atoms with E-state index >= 15 is 0 Å². The quantitative estimate of drug-likeness (QED) is 0.230. The number of rotatable bonds is 2. The third kappa shape index (κ3) is 3.15. The van der Waals surface area contributed by atoms with E-state index in [2.05, 4.69) is 140 Å². The molecule has 2 heterocycles. The van der Waals surface area contributed by atoms with Crippen LogP contribution in [-0.4, -0.2) is 4.57 Å². The molecule has 1 aliphatic heterocycles. The zero-order valence-corrected chi connectivity index (χ0v) is 22.0. The molecule has 0 radical (unpaired) electrons. The summed E-state index contributed by atoms with van der Waals surface area (Å²) in [4.78, 5) is 0. The lowest BCUT2D eigenvalue weighted by atomic mass is 9.75. The number of benzene rings is 6. The average molecular weight is 502 g/mol. The van der Waals surface area contributed by atoms with Crippen molar-refractivity contribution in [3.05, 3.63) is 139 Å². The minimum atomic E-state index is -0.172. The van der Waals surface area contributed by atoms with Crippen molar-refractivity contribution in [2.24, 2.45) is 0 Å². The molecule has 0 atom stereocenters. The van der Waals surface area contributed by atoms with Gasteiger partial charge in [-0.2, -0.15) is 0 Å². The minimum absolute atomic E-state index is 0.172. The minimum Gasteiger partial charge on any atom is -0.457 e. The Bertz CT molecular complexity index is 2060. The molecular formula is C37H27NO. The molecule has 8 rings (SSSR count). The summed E-state index contributed by atoms with van der Waals surface area (Å²) in [6.45, 7) is 4.60. The van der Waals surface area contributed by atoms with Crippen LogP contribution in [0.25, 0.3) is 49.4 Å². The van der Waals surface area contributed by atoms with Crippen molar-refractivity contribution in [3.63, 3.8) is 0 Å². The number of ether oxygens (including phenoxy) is 1. The summed E-state index contributed by atoms with van der Waals surface area (Å²) >= 11 is 0. The first-order valence-corrected chi connectivity index (χ1v) is 13.5. The van der Waals surface area contributed by atoms with E-state index in [1.54, 1.807) is 0 Å². The fraction of sp³-hybridized carbons (Fsp3) is 0.0811. The van der Waals surface area contributed by atoms with Gasteiger partial charge in [-0.1, -0.05) is 98.8 Å². The smallest absolute Gasteiger partial charge is 0.131 e. The Morgan fingerprint density at radius 2 is 1.28 bits per heavy atom. The number of aromatic nitrogens is 1. The topological polar surface area (TPSA) is 14.2 Å². The van der Waals surface area contributed by atoms with Gasteiger partial charge in [-0.3, -0.25) is 0 Å². The van der Waals surface area contributed by atoms with E-state index in [0.29, 0.717) is 0 Å². The zero-order chi connectivity index (χ0) is 26.1. The second-order valence-electron chi connectivity index (χ2n) is 11.0. The first-order chi connectivity index (χ1) is 19.1. The highest BCUT2D eigenvalue weighted by Crippen LogP contribution is 2.50. The van der Waals surface area contributed by atoms with Crippen LogP contribution >= 0.6 is 0 Å². The molecule has 1 aliphatic rings. The van der Waals surface area contributed by atoms with Crippen LogP contribution in [0.4, 0.5) is 0 Å². The third-order valence-corrected chi connectivity index (χ3v) is 8.42. The molecule has 186 valence electrons. The summed E-state index contributed by atoms with van der Waals surface area (Å²) in [5, 5.41) is 5.03. The lowest BCUT2D eigenvalue weighted by Gasteiger charge is -2.34. The summed E-state index contributed by atoms with van der Waals surface area (Å²) in [5.41, 5.74) is 8.34. The number of para-hydroxylation sites is 3. The highest BCUT2D eigenvalue weighted by molar-refractivity contribution is 6.24. The first-order valence-electron chi connectivity index (χ1n) is 13.5. The first kappa shape index (κ1) is 22.2. The van der Waals surface area contributed by atoms with Crippen LogP contribution in [0.1, 0.15) is 25.0 Å². The van der Waals surface area contributed by atoms with Gasteiger partial charge in [0.05, 0.1) is 11.0 Å².